The molecule has 8 heteroatoms. The van der Waals surface area contributed by atoms with Gasteiger partial charge in [-0.3, -0.25) is 0 Å². The van der Waals surface area contributed by atoms with Gasteiger partial charge in [-0.2, -0.15) is 18.2 Å². The van der Waals surface area contributed by atoms with Crippen molar-refractivity contribution in [3.63, 3.8) is 0 Å². The van der Waals surface area contributed by atoms with Crippen molar-refractivity contribution in [1.82, 2.24) is 9.97 Å². The Kier molecular flexibility index (Phi) is 2.69. The number of rotatable bonds is 0. The summed E-state index contributed by atoms with van der Waals surface area (Å²) in [5.41, 5.74) is -2.17. The van der Waals surface area contributed by atoms with Crippen LogP contribution < -0.4 is 5.63 Å². The highest BCUT2D eigenvalue weighted by atomic mass is 79.9. The Morgan fingerprint density at radius 1 is 1.35 bits per heavy atom. The van der Waals surface area contributed by atoms with Crippen molar-refractivity contribution in [3.8, 4) is 0 Å². The highest BCUT2D eigenvalue weighted by molar-refractivity contribution is 9.10. The molecule has 2 aromatic heterocycles. The molecule has 0 aromatic carbocycles. The van der Waals surface area contributed by atoms with Gasteiger partial charge in [-0.25, -0.2) is 9.78 Å². The number of aromatic nitrogens is 2. The summed E-state index contributed by atoms with van der Waals surface area (Å²) < 4.78 is 42.0. The topological polar surface area (TPSA) is 56.0 Å². The minimum atomic E-state index is -4.61. The first-order chi connectivity index (χ1) is 7.79. The molecule has 0 atom stereocenters. The molecule has 17 heavy (non-hydrogen) atoms. The Morgan fingerprint density at radius 3 is 2.59 bits per heavy atom. The maximum absolute atomic E-state index is 12.6. The van der Waals surface area contributed by atoms with Crippen LogP contribution in [-0.2, 0) is 6.18 Å². The van der Waals surface area contributed by atoms with E-state index in [9.17, 15) is 18.0 Å². The Morgan fingerprint density at radius 2 is 2.00 bits per heavy atom. The first-order valence-corrected chi connectivity index (χ1v) is 5.13. The molecular weight excluding hydrogens is 305 g/mol. The van der Waals surface area contributed by atoms with Crippen molar-refractivity contribution >= 4 is 27.0 Å². The second-order valence-electron chi connectivity index (χ2n) is 3.21. The highest BCUT2D eigenvalue weighted by Gasteiger charge is 2.35. The lowest BCUT2D eigenvalue weighted by Gasteiger charge is -2.08. The first-order valence-electron chi connectivity index (χ1n) is 4.34. The number of hydrogen-bond donors (Lipinski definition) is 0. The van der Waals surface area contributed by atoms with Gasteiger partial charge >= 0.3 is 11.8 Å². The fourth-order valence-corrected chi connectivity index (χ4v) is 1.82. The monoisotopic (exact) mass is 308 g/mol. The van der Waals surface area contributed by atoms with Gasteiger partial charge in [-0.15, -0.1) is 0 Å². The van der Waals surface area contributed by atoms with Gasteiger partial charge in [0.15, 0.2) is 17.2 Å². The molecule has 2 heterocycles. The van der Waals surface area contributed by atoms with Crippen LogP contribution >= 0.6 is 15.9 Å². The van der Waals surface area contributed by atoms with Crippen molar-refractivity contribution in [3.05, 3.63) is 32.5 Å². The van der Waals surface area contributed by atoms with E-state index >= 15 is 0 Å². The van der Waals surface area contributed by atoms with E-state index in [1.807, 2.05) is 0 Å². The lowest BCUT2D eigenvalue weighted by Crippen LogP contribution is -2.12. The van der Waals surface area contributed by atoms with E-state index in [1.54, 1.807) is 0 Å². The van der Waals surface area contributed by atoms with Crippen LogP contribution in [0.25, 0.3) is 11.0 Å². The maximum Gasteiger partial charge on any atom is 0.434 e. The molecule has 90 valence electrons. The molecule has 0 amide bonds. The van der Waals surface area contributed by atoms with Crippen LogP contribution in [0.4, 0.5) is 13.2 Å². The van der Waals surface area contributed by atoms with E-state index in [0.29, 0.717) is 0 Å². The normalized spacial score (nSPS) is 12.1. The summed E-state index contributed by atoms with van der Waals surface area (Å²) in [5, 5.41) is -0.101. The fourth-order valence-electron chi connectivity index (χ4n) is 1.27. The van der Waals surface area contributed by atoms with Gasteiger partial charge in [0.05, 0.1) is 0 Å². The number of aryl methyl sites for hydroxylation is 1. The second-order valence-corrected chi connectivity index (χ2v) is 4.06. The zero-order valence-electron chi connectivity index (χ0n) is 8.30. The minimum Gasteiger partial charge on any atom is -0.408 e. The number of halogens is 4. The van der Waals surface area contributed by atoms with Crippen LogP contribution in [-0.4, -0.2) is 9.97 Å². The van der Waals surface area contributed by atoms with Gasteiger partial charge in [-0.1, -0.05) is 0 Å². The van der Waals surface area contributed by atoms with Crippen LogP contribution in [0, 0.1) is 6.92 Å². The molecule has 0 saturated heterocycles. The Hall–Kier alpha value is -1.44. The summed E-state index contributed by atoms with van der Waals surface area (Å²) in [6, 6.07) is 1.00. The number of fused-ring (bicyclic) bond motifs is 1. The van der Waals surface area contributed by atoms with E-state index in [1.165, 1.54) is 6.92 Å². The van der Waals surface area contributed by atoms with Crippen LogP contribution in [0.2, 0.25) is 0 Å². The Labute approximate surface area is 101 Å². The van der Waals surface area contributed by atoms with E-state index in [4.69, 9.17) is 0 Å². The SMILES string of the molecule is Cc1nc2nc(C(F)(F)F)c(Br)cc2c(=O)o1. The molecule has 0 radical (unpaired) electrons. The average Bonchev–Trinajstić information content (AvgIpc) is 2.16. The molecule has 0 fully saturated rings. The number of nitrogens with zero attached hydrogens (tertiary/aromatic N) is 2. The van der Waals surface area contributed by atoms with E-state index < -0.39 is 17.5 Å². The minimum absolute atomic E-state index is 0.0366. The van der Waals surface area contributed by atoms with Crippen molar-refractivity contribution < 1.29 is 17.6 Å². The lowest BCUT2D eigenvalue weighted by atomic mass is 10.3. The van der Waals surface area contributed by atoms with E-state index in [2.05, 4.69) is 30.3 Å². The molecule has 2 aromatic rings. The van der Waals surface area contributed by atoms with Gasteiger partial charge in [0.1, 0.15) is 5.39 Å². The Balaban J connectivity index is 2.86. The third-order valence-corrected chi connectivity index (χ3v) is 2.55. The lowest BCUT2D eigenvalue weighted by molar-refractivity contribution is -0.141. The number of hydrogen-bond acceptors (Lipinski definition) is 4. The maximum atomic E-state index is 12.6. The van der Waals surface area contributed by atoms with E-state index in [-0.39, 0.29) is 21.4 Å². The molecule has 0 unspecified atom stereocenters. The van der Waals surface area contributed by atoms with Crippen LogP contribution in [0.5, 0.6) is 0 Å². The van der Waals surface area contributed by atoms with Crippen LogP contribution in [0.3, 0.4) is 0 Å². The van der Waals surface area contributed by atoms with Crippen LogP contribution in [0.1, 0.15) is 11.6 Å². The largest absolute Gasteiger partial charge is 0.434 e. The van der Waals surface area contributed by atoms with Crippen LogP contribution in [0.15, 0.2) is 19.8 Å². The quantitative estimate of drug-likeness (QED) is 0.751. The standard InChI is InChI=1S/C9H4BrF3N2O2/c1-3-14-7-4(8(16)17-3)2-5(10)6(15-7)9(11,12)13/h2H,1H3. The smallest absolute Gasteiger partial charge is 0.408 e. The van der Waals surface area contributed by atoms with Gasteiger partial charge in [0, 0.05) is 11.4 Å². The third kappa shape index (κ3) is 2.17. The fraction of sp³-hybridized carbons (Fsp3) is 0.222. The number of pyridine rings is 1. The van der Waals surface area contributed by atoms with Gasteiger partial charge in [0.25, 0.3) is 0 Å². The summed E-state index contributed by atoms with van der Waals surface area (Å²) in [6.45, 7) is 1.36. The summed E-state index contributed by atoms with van der Waals surface area (Å²) in [4.78, 5) is 18.3. The Bertz CT molecular complexity index is 651. The summed E-state index contributed by atoms with van der Waals surface area (Å²) in [5.74, 6) is -0.0366. The molecule has 0 N–H and O–H groups in total. The zero-order chi connectivity index (χ0) is 12.8. The van der Waals surface area contributed by atoms with Gasteiger partial charge in [0.2, 0.25) is 0 Å². The molecule has 2 rings (SSSR count). The van der Waals surface area contributed by atoms with Crippen molar-refractivity contribution in [2.24, 2.45) is 0 Å². The zero-order valence-corrected chi connectivity index (χ0v) is 9.89. The van der Waals surface area contributed by atoms with E-state index in [0.717, 1.165) is 6.07 Å². The molecular formula is C9H4BrF3N2O2. The van der Waals surface area contributed by atoms with Crippen molar-refractivity contribution in [1.29, 1.82) is 0 Å². The predicted octanol–water partition coefficient (Wildman–Crippen LogP) is 2.67. The highest BCUT2D eigenvalue weighted by Crippen LogP contribution is 2.34. The second kappa shape index (κ2) is 3.80. The summed E-state index contributed by atoms with van der Waals surface area (Å²) >= 11 is 2.72. The summed E-state index contributed by atoms with van der Waals surface area (Å²) in [7, 11) is 0. The van der Waals surface area contributed by atoms with Crippen molar-refractivity contribution in [2.75, 3.05) is 0 Å². The number of alkyl halides is 3. The molecule has 0 aliphatic rings. The molecule has 0 aliphatic carbocycles. The summed E-state index contributed by atoms with van der Waals surface area (Å²) in [6.07, 6.45) is -4.61. The average molecular weight is 309 g/mol. The van der Waals surface area contributed by atoms with Gasteiger partial charge in [-0.05, 0) is 22.0 Å². The predicted molar refractivity (Wildman–Crippen MR) is 55.5 cm³/mol. The third-order valence-electron chi connectivity index (χ3n) is 1.95. The molecule has 0 saturated carbocycles. The van der Waals surface area contributed by atoms with Gasteiger partial charge < -0.3 is 4.42 Å². The molecule has 4 nitrogen and oxygen atoms in total. The molecule has 0 spiro atoms. The molecule has 0 bridgehead atoms. The first kappa shape index (κ1) is 12.0. The van der Waals surface area contributed by atoms with Crippen molar-refractivity contribution in [2.45, 2.75) is 13.1 Å². The molecule has 0 aliphatic heterocycles.